The van der Waals surface area contributed by atoms with E-state index in [2.05, 4.69) is 4.90 Å². The molecular formula is C13H19NO3. The molecule has 1 aromatic carbocycles. The first-order chi connectivity index (χ1) is 8.24. The second-order valence-electron chi connectivity index (χ2n) is 4.17. The fourth-order valence-electron chi connectivity index (χ4n) is 2.21. The van der Waals surface area contributed by atoms with Gasteiger partial charge in [-0.2, -0.15) is 0 Å². The average Bonchev–Trinajstić information content (AvgIpc) is 2.38. The molecule has 0 amide bonds. The Balaban J connectivity index is 2.37. The molecule has 0 aromatic heterocycles. The van der Waals surface area contributed by atoms with Gasteiger partial charge in [0.05, 0.1) is 26.4 Å². The number of ether oxygens (including phenoxy) is 2. The summed E-state index contributed by atoms with van der Waals surface area (Å²) in [5.74, 6) is 0.740. The van der Waals surface area contributed by atoms with Crippen molar-refractivity contribution in [3.05, 3.63) is 23.8 Å². The molecule has 1 atom stereocenters. The van der Waals surface area contributed by atoms with Gasteiger partial charge in [0.2, 0.25) is 0 Å². The molecule has 1 fully saturated rings. The van der Waals surface area contributed by atoms with E-state index in [9.17, 15) is 5.11 Å². The number of hydrogen-bond donors (Lipinski definition) is 1. The highest BCUT2D eigenvalue weighted by Crippen LogP contribution is 2.34. The van der Waals surface area contributed by atoms with Crippen LogP contribution in [0.2, 0.25) is 0 Å². The van der Waals surface area contributed by atoms with Crippen molar-refractivity contribution >= 4 is 5.69 Å². The zero-order valence-electron chi connectivity index (χ0n) is 10.3. The molecule has 0 aliphatic carbocycles. The van der Waals surface area contributed by atoms with E-state index in [-0.39, 0.29) is 0 Å². The largest absolute Gasteiger partial charge is 0.496 e. The normalized spacial score (nSPS) is 17.9. The summed E-state index contributed by atoms with van der Waals surface area (Å²) in [7, 11) is 1.63. The Labute approximate surface area is 102 Å². The molecule has 0 spiro atoms. The first kappa shape index (κ1) is 12.2. The SMILES string of the molecule is COc1cccc(N2CCOCC2)c1[C@H](C)O. The fraction of sp³-hybridized carbons (Fsp3) is 0.538. The molecule has 4 nitrogen and oxygen atoms in total. The molecule has 0 radical (unpaired) electrons. The Bertz CT molecular complexity index is 373. The van der Waals surface area contributed by atoms with Gasteiger partial charge in [0.1, 0.15) is 5.75 Å². The van der Waals surface area contributed by atoms with Crippen LogP contribution >= 0.6 is 0 Å². The highest BCUT2D eigenvalue weighted by molar-refractivity contribution is 5.60. The van der Waals surface area contributed by atoms with E-state index in [1.807, 2.05) is 18.2 Å². The second-order valence-corrected chi connectivity index (χ2v) is 4.17. The van der Waals surface area contributed by atoms with Gasteiger partial charge in [-0.1, -0.05) is 6.07 Å². The number of nitrogens with zero attached hydrogens (tertiary/aromatic N) is 1. The van der Waals surface area contributed by atoms with E-state index >= 15 is 0 Å². The predicted molar refractivity (Wildman–Crippen MR) is 66.7 cm³/mol. The molecule has 1 aromatic rings. The first-order valence-electron chi connectivity index (χ1n) is 5.91. The van der Waals surface area contributed by atoms with Crippen LogP contribution in [0.5, 0.6) is 5.75 Å². The molecule has 1 saturated heterocycles. The van der Waals surface area contributed by atoms with Crippen molar-refractivity contribution in [2.75, 3.05) is 38.3 Å². The maximum atomic E-state index is 9.91. The lowest BCUT2D eigenvalue weighted by molar-refractivity contribution is 0.122. The van der Waals surface area contributed by atoms with Crippen LogP contribution in [0.25, 0.3) is 0 Å². The third kappa shape index (κ3) is 2.53. The van der Waals surface area contributed by atoms with Crippen LogP contribution in [0.15, 0.2) is 18.2 Å². The summed E-state index contributed by atoms with van der Waals surface area (Å²) >= 11 is 0. The van der Waals surface area contributed by atoms with Crippen molar-refractivity contribution < 1.29 is 14.6 Å². The summed E-state index contributed by atoms with van der Waals surface area (Å²) in [6, 6.07) is 5.86. The second kappa shape index (κ2) is 5.38. The maximum absolute atomic E-state index is 9.91. The lowest BCUT2D eigenvalue weighted by Crippen LogP contribution is -2.37. The molecular weight excluding hydrogens is 218 g/mol. The standard InChI is InChI=1S/C13H19NO3/c1-10(15)13-11(4-3-5-12(13)16-2)14-6-8-17-9-7-14/h3-5,10,15H,6-9H2,1-2H3/t10-/m0/s1. The van der Waals surface area contributed by atoms with E-state index in [0.29, 0.717) is 0 Å². The molecule has 1 heterocycles. The minimum absolute atomic E-state index is 0.538. The van der Waals surface area contributed by atoms with Crippen LogP contribution < -0.4 is 9.64 Å². The van der Waals surface area contributed by atoms with E-state index < -0.39 is 6.10 Å². The van der Waals surface area contributed by atoms with Crippen molar-refractivity contribution in [1.29, 1.82) is 0 Å². The first-order valence-corrected chi connectivity index (χ1v) is 5.91. The van der Waals surface area contributed by atoms with Crippen molar-refractivity contribution in [1.82, 2.24) is 0 Å². The topological polar surface area (TPSA) is 41.9 Å². The minimum Gasteiger partial charge on any atom is -0.496 e. The molecule has 1 aliphatic rings. The zero-order chi connectivity index (χ0) is 12.3. The van der Waals surface area contributed by atoms with Gasteiger partial charge >= 0.3 is 0 Å². The Morgan fingerprint density at radius 3 is 2.65 bits per heavy atom. The number of aliphatic hydroxyl groups excluding tert-OH is 1. The number of anilines is 1. The van der Waals surface area contributed by atoms with Crippen molar-refractivity contribution in [3.8, 4) is 5.75 Å². The summed E-state index contributed by atoms with van der Waals surface area (Å²) in [5.41, 5.74) is 1.90. The van der Waals surface area contributed by atoms with Gasteiger partial charge in [0, 0.05) is 24.3 Å². The van der Waals surface area contributed by atoms with Gasteiger partial charge in [-0.3, -0.25) is 0 Å². The predicted octanol–water partition coefficient (Wildman–Crippen LogP) is 1.59. The summed E-state index contributed by atoms with van der Waals surface area (Å²) in [6.45, 7) is 4.94. The van der Waals surface area contributed by atoms with Crippen molar-refractivity contribution in [3.63, 3.8) is 0 Å². The molecule has 1 N–H and O–H groups in total. The number of aliphatic hydroxyl groups is 1. The summed E-state index contributed by atoms with van der Waals surface area (Å²) in [6.07, 6.45) is -0.538. The number of methoxy groups -OCH3 is 1. The summed E-state index contributed by atoms with van der Waals surface area (Å²) < 4.78 is 10.7. The summed E-state index contributed by atoms with van der Waals surface area (Å²) in [5, 5.41) is 9.91. The van der Waals surface area contributed by atoms with Crippen LogP contribution in [-0.2, 0) is 4.74 Å². The Hall–Kier alpha value is -1.26. The Kier molecular flexibility index (Phi) is 3.86. The molecule has 0 saturated carbocycles. The highest BCUT2D eigenvalue weighted by Gasteiger charge is 2.20. The minimum atomic E-state index is -0.538. The van der Waals surface area contributed by atoms with Crippen molar-refractivity contribution in [2.45, 2.75) is 13.0 Å². The lowest BCUT2D eigenvalue weighted by Gasteiger charge is -2.31. The van der Waals surface area contributed by atoms with Crippen molar-refractivity contribution in [2.24, 2.45) is 0 Å². The lowest BCUT2D eigenvalue weighted by atomic mass is 10.1. The van der Waals surface area contributed by atoms with Gasteiger partial charge < -0.3 is 19.5 Å². The molecule has 1 aliphatic heterocycles. The van der Waals surface area contributed by atoms with E-state index in [1.165, 1.54) is 0 Å². The molecule has 17 heavy (non-hydrogen) atoms. The van der Waals surface area contributed by atoms with Crippen LogP contribution in [0, 0.1) is 0 Å². The molecule has 0 unspecified atom stereocenters. The maximum Gasteiger partial charge on any atom is 0.126 e. The van der Waals surface area contributed by atoms with Gasteiger partial charge in [-0.25, -0.2) is 0 Å². The van der Waals surface area contributed by atoms with Gasteiger partial charge in [0.15, 0.2) is 0 Å². The third-order valence-electron chi connectivity index (χ3n) is 3.03. The van der Waals surface area contributed by atoms with Gasteiger partial charge in [-0.05, 0) is 19.1 Å². The molecule has 0 bridgehead atoms. The smallest absolute Gasteiger partial charge is 0.126 e. The van der Waals surface area contributed by atoms with Crippen LogP contribution in [-0.4, -0.2) is 38.5 Å². The Morgan fingerprint density at radius 1 is 1.35 bits per heavy atom. The zero-order valence-corrected chi connectivity index (χ0v) is 10.3. The number of hydrogen-bond acceptors (Lipinski definition) is 4. The van der Waals surface area contributed by atoms with E-state index in [0.717, 1.165) is 43.3 Å². The van der Waals surface area contributed by atoms with E-state index in [1.54, 1.807) is 14.0 Å². The van der Waals surface area contributed by atoms with E-state index in [4.69, 9.17) is 9.47 Å². The average molecular weight is 237 g/mol. The Morgan fingerprint density at radius 2 is 2.06 bits per heavy atom. The van der Waals surface area contributed by atoms with Crippen LogP contribution in [0.1, 0.15) is 18.6 Å². The summed E-state index contributed by atoms with van der Waals surface area (Å²) in [4.78, 5) is 2.23. The monoisotopic (exact) mass is 237 g/mol. The molecule has 2 rings (SSSR count). The number of benzene rings is 1. The number of rotatable bonds is 3. The number of morpholine rings is 1. The van der Waals surface area contributed by atoms with Crippen LogP contribution in [0.4, 0.5) is 5.69 Å². The third-order valence-corrected chi connectivity index (χ3v) is 3.03. The molecule has 4 heteroatoms. The van der Waals surface area contributed by atoms with Crippen LogP contribution in [0.3, 0.4) is 0 Å². The van der Waals surface area contributed by atoms with Gasteiger partial charge in [-0.15, -0.1) is 0 Å². The quantitative estimate of drug-likeness (QED) is 0.866. The van der Waals surface area contributed by atoms with Gasteiger partial charge in [0.25, 0.3) is 0 Å². The highest BCUT2D eigenvalue weighted by atomic mass is 16.5. The fourth-order valence-corrected chi connectivity index (χ4v) is 2.21. The molecule has 94 valence electrons.